The molecule has 92 valence electrons. The van der Waals surface area contributed by atoms with Crippen LogP contribution in [0.2, 0.25) is 0 Å². The molecule has 2 aromatic carbocycles. The summed E-state index contributed by atoms with van der Waals surface area (Å²) >= 11 is 3.52. The third kappa shape index (κ3) is 2.08. The van der Waals surface area contributed by atoms with Gasteiger partial charge in [0.15, 0.2) is 0 Å². The minimum atomic E-state index is -0.266. The first kappa shape index (κ1) is 11.5. The van der Waals surface area contributed by atoms with E-state index in [2.05, 4.69) is 21.2 Å². The van der Waals surface area contributed by atoms with E-state index in [1.54, 1.807) is 6.07 Å². The van der Waals surface area contributed by atoms with Gasteiger partial charge < -0.3 is 10.1 Å². The molecule has 1 unspecified atom stereocenters. The van der Waals surface area contributed by atoms with Crippen molar-refractivity contribution in [3.63, 3.8) is 0 Å². The number of benzene rings is 2. The highest BCUT2D eigenvalue weighted by Crippen LogP contribution is 2.35. The maximum absolute atomic E-state index is 13.2. The van der Waals surface area contributed by atoms with E-state index < -0.39 is 0 Å². The lowest BCUT2D eigenvalue weighted by molar-refractivity contribution is 0.285. The van der Waals surface area contributed by atoms with Crippen LogP contribution in [0, 0.1) is 5.82 Å². The number of hydrogen-bond donors (Lipinski definition) is 1. The van der Waals surface area contributed by atoms with Crippen LogP contribution in [0.5, 0.6) is 5.75 Å². The lowest BCUT2D eigenvalue weighted by atomic mass is 10.1. The molecule has 1 heterocycles. The molecule has 0 bridgehead atoms. The molecule has 1 aliphatic rings. The SMILES string of the molecule is Fc1ccc2c(c1)NC(c1ccccc1Br)CO2. The van der Waals surface area contributed by atoms with E-state index in [1.807, 2.05) is 24.3 Å². The normalized spacial score (nSPS) is 17.6. The number of halogens is 2. The van der Waals surface area contributed by atoms with Crippen molar-refractivity contribution < 1.29 is 9.13 Å². The molecule has 1 atom stereocenters. The van der Waals surface area contributed by atoms with Crippen molar-refractivity contribution in [3.8, 4) is 5.75 Å². The molecule has 0 saturated carbocycles. The van der Waals surface area contributed by atoms with Crippen molar-refractivity contribution in [1.82, 2.24) is 0 Å². The van der Waals surface area contributed by atoms with Gasteiger partial charge in [0.2, 0.25) is 0 Å². The van der Waals surface area contributed by atoms with Gasteiger partial charge in [-0.05, 0) is 23.8 Å². The lowest BCUT2D eigenvalue weighted by Crippen LogP contribution is -2.24. The Bertz CT molecular complexity index is 588. The molecular formula is C14H11BrFNO. The van der Waals surface area contributed by atoms with Gasteiger partial charge in [-0.2, -0.15) is 0 Å². The van der Waals surface area contributed by atoms with Gasteiger partial charge in [-0.15, -0.1) is 0 Å². The van der Waals surface area contributed by atoms with Gasteiger partial charge in [0.1, 0.15) is 18.2 Å². The predicted molar refractivity (Wildman–Crippen MR) is 72.4 cm³/mol. The maximum atomic E-state index is 13.2. The first-order valence-corrected chi connectivity index (χ1v) is 6.46. The Morgan fingerprint density at radius 2 is 2.06 bits per heavy atom. The summed E-state index contributed by atoms with van der Waals surface area (Å²) in [5.41, 5.74) is 1.80. The molecule has 0 fully saturated rings. The quantitative estimate of drug-likeness (QED) is 0.855. The zero-order chi connectivity index (χ0) is 12.5. The van der Waals surface area contributed by atoms with Crippen molar-refractivity contribution in [3.05, 3.63) is 58.3 Å². The van der Waals surface area contributed by atoms with Crippen molar-refractivity contribution >= 4 is 21.6 Å². The number of rotatable bonds is 1. The molecule has 0 aromatic heterocycles. The zero-order valence-electron chi connectivity index (χ0n) is 9.49. The van der Waals surface area contributed by atoms with Crippen LogP contribution in [0.1, 0.15) is 11.6 Å². The lowest BCUT2D eigenvalue weighted by Gasteiger charge is -2.28. The Balaban J connectivity index is 1.93. The van der Waals surface area contributed by atoms with E-state index in [-0.39, 0.29) is 11.9 Å². The molecule has 0 saturated heterocycles. The molecule has 0 amide bonds. The largest absolute Gasteiger partial charge is 0.489 e. The van der Waals surface area contributed by atoms with E-state index in [1.165, 1.54) is 12.1 Å². The summed E-state index contributed by atoms with van der Waals surface area (Å²) in [7, 11) is 0. The van der Waals surface area contributed by atoms with Crippen LogP contribution in [0.15, 0.2) is 46.9 Å². The van der Waals surface area contributed by atoms with Gasteiger partial charge in [0, 0.05) is 10.5 Å². The number of fused-ring (bicyclic) bond motifs is 1. The van der Waals surface area contributed by atoms with Gasteiger partial charge in [0.05, 0.1) is 11.7 Å². The molecule has 18 heavy (non-hydrogen) atoms. The van der Waals surface area contributed by atoms with Crippen LogP contribution >= 0.6 is 15.9 Å². The van der Waals surface area contributed by atoms with Crippen LogP contribution in [0.25, 0.3) is 0 Å². The first-order valence-electron chi connectivity index (χ1n) is 5.67. The summed E-state index contributed by atoms with van der Waals surface area (Å²) in [6.45, 7) is 0.529. The highest BCUT2D eigenvalue weighted by Gasteiger charge is 2.22. The topological polar surface area (TPSA) is 21.3 Å². The van der Waals surface area contributed by atoms with E-state index >= 15 is 0 Å². The molecule has 1 N–H and O–H groups in total. The fourth-order valence-electron chi connectivity index (χ4n) is 2.07. The van der Waals surface area contributed by atoms with Gasteiger partial charge >= 0.3 is 0 Å². The predicted octanol–water partition coefficient (Wildman–Crippen LogP) is 4.13. The Hall–Kier alpha value is -1.55. The molecule has 4 heteroatoms. The molecule has 0 spiro atoms. The summed E-state index contributed by atoms with van der Waals surface area (Å²) < 4.78 is 19.9. The van der Waals surface area contributed by atoms with Gasteiger partial charge in [0.25, 0.3) is 0 Å². The van der Waals surface area contributed by atoms with Crippen molar-refractivity contribution in [2.45, 2.75) is 6.04 Å². The van der Waals surface area contributed by atoms with Crippen molar-refractivity contribution in [1.29, 1.82) is 0 Å². The second-order valence-corrected chi connectivity index (χ2v) is 5.02. The molecule has 1 aliphatic heterocycles. The van der Waals surface area contributed by atoms with Crippen molar-refractivity contribution in [2.75, 3.05) is 11.9 Å². The smallest absolute Gasteiger partial charge is 0.142 e. The van der Waals surface area contributed by atoms with Crippen LogP contribution in [-0.2, 0) is 0 Å². The number of ether oxygens (including phenoxy) is 1. The highest BCUT2D eigenvalue weighted by molar-refractivity contribution is 9.10. The summed E-state index contributed by atoms with van der Waals surface area (Å²) in [5, 5.41) is 3.30. The Kier molecular flexibility index (Phi) is 2.96. The Morgan fingerprint density at radius 3 is 2.89 bits per heavy atom. The highest BCUT2D eigenvalue weighted by atomic mass is 79.9. The summed E-state index contributed by atoms with van der Waals surface area (Å²) in [6.07, 6.45) is 0. The molecule has 0 aliphatic carbocycles. The van der Waals surface area contributed by atoms with E-state index in [0.717, 1.165) is 10.0 Å². The minimum Gasteiger partial charge on any atom is -0.489 e. The number of nitrogens with one attached hydrogen (secondary N) is 1. The molecule has 3 rings (SSSR count). The monoisotopic (exact) mass is 307 g/mol. The Morgan fingerprint density at radius 1 is 1.22 bits per heavy atom. The molecule has 0 radical (unpaired) electrons. The fraction of sp³-hybridized carbons (Fsp3) is 0.143. The third-order valence-corrected chi connectivity index (χ3v) is 3.68. The number of anilines is 1. The van der Waals surface area contributed by atoms with E-state index in [4.69, 9.17) is 4.74 Å². The second-order valence-electron chi connectivity index (χ2n) is 4.17. The first-order chi connectivity index (χ1) is 8.74. The Labute approximate surface area is 113 Å². The van der Waals surface area contributed by atoms with Crippen LogP contribution in [0.3, 0.4) is 0 Å². The average Bonchev–Trinajstić information content (AvgIpc) is 2.38. The summed E-state index contributed by atoms with van der Waals surface area (Å²) in [6, 6.07) is 12.5. The van der Waals surface area contributed by atoms with Crippen molar-refractivity contribution in [2.24, 2.45) is 0 Å². The second kappa shape index (κ2) is 4.61. The standard InChI is InChI=1S/C14H11BrFNO/c15-11-4-2-1-3-10(11)13-8-18-14-6-5-9(16)7-12(14)17-13/h1-7,13,17H,8H2. The third-order valence-electron chi connectivity index (χ3n) is 2.96. The minimum absolute atomic E-state index is 0.0230. The summed E-state index contributed by atoms with van der Waals surface area (Å²) in [4.78, 5) is 0. The zero-order valence-corrected chi connectivity index (χ0v) is 11.1. The van der Waals surface area contributed by atoms with Crippen LogP contribution < -0.4 is 10.1 Å². The summed E-state index contributed by atoms with van der Waals surface area (Å²) in [5.74, 6) is 0.428. The van der Waals surface area contributed by atoms with E-state index in [9.17, 15) is 4.39 Å². The van der Waals surface area contributed by atoms with E-state index in [0.29, 0.717) is 18.0 Å². The molecular weight excluding hydrogens is 297 g/mol. The molecule has 2 aromatic rings. The van der Waals surface area contributed by atoms with Crippen LogP contribution in [0.4, 0.5) is 10.1 Å². The van der Waals surface area contributed by atoms with Gasteiger partial charge in [-0.3, -0.25) is 0 Å². The number of hydrogen-bond acceptors (Lipinski definition) is 2. The molecule has 2 nitrogen and oxygen atoms in total. The fourth-order valence-corrected chi connectivity index (χ4v) is 2.63. The van der Waals surface area contributed by atoms with Gasteiger partial charge in [-0.1, -0.05) is 34.1 Å². The van der Waals surface area contributed by atoms with Crippen LogP contribution in [-0.4, -0.2) is 6.61 Å². The average molecular weight is 308 g/mol. The van der Waals surface area contributed by atoms with Gasteiger partial charge in [-0.25, -0.2) is 4.39 Å². The maximum Gasteiger partial charge on any atom is 0.142 e.